The van der Waals surface area contributed by atoms with Gasteiger partial charge in [0.25, 0.3) is 10.0 Å². The third-order valence-electron chi connectivity index (χ3n) is 6.34. The molecule has 10 heteroatoms. The number of amides is 2. The zero-order valence-corrected chi connectivity index (χ0v) is 24.8. The van der Waals surface area contributed by atoms with Gasteiger partial charge in [-0.2, -0.15) is 0 Å². The van der Waals surface area contributed by atoms with E-state index in [2.05, 4.69) is 5.32 Å². The first-order valence-electron chi connectivity index (χ1n) is 13.2. The predicted octanol–water partition coefficient (Wildman–Crippen LogP) is 5.19. The molecule has 1 N–H and O–H groups in total. The van der Waals surface area contributed by atoms with E-state index < -0.39 is 28.5 Å². The fourth-order valence-electron chi connectivity index (χ4n) is 4.03. The number of carbonyl (C=O) groups is 2. The molecule has 1 unspecified atom stereocenters. The number of benzene rings is 3. The highest BCUT2D eigenvalue weighted by Crippen LogP contribution is 2.27. The van der Waals surface area contributed by atoms with Gasteiger partial charge in [-0.3, -0.25) is 13.9 Å². The van der Waals surface area contributed by atoms with E-state index in [4.69, 9.17) is 16.3 Å². The van der Waals surface area contributed by atoms with Crippen molar-refractivity contribution in [2.75, 3.05) is 24.0 Å². The van der Waals surface area contributed by atoms with E-state index in [0.29, 0.717) is 35.2 Å². The summed E-state index contributed by atoms with van der Waals surface area (Å²) >= 11 is 6.39. The van der Waals surface area contributed by atoms with Crippen molar-refractivity contribution < 1.29 is 22.7 Å². The number of ether oxygens (including phenoxy) is 1. The van der Waals surface area contributed by atoms with Crippen LogP contribution in [-0.2, 0) is 26.2 Å². The summed E-state index contributed by atoms with van der Waals surface area (Å²) in [6.07, 6.45) is 0.735. The second-order valence-electron chi connectivity index (χ2n) is 9.33. The lowest BCUT2D eigenvalue weighted by atomic mass is 10.1. The summed E-state index contributed by atoms with van der Waals surface area (Å²) in [5, 5.41) is 3.26. The van der Waals surface area contributed by atoms with Crippen molar-refractivity contribution in [1.82, 2.24) is 10.2 Å². The van der Waals surface area contributed by atoms with E-state index in [1.165, 1.54) is 17.0 Å². The molecular weight excluding hydrogens is 550 g/mol. The summed E-state index contributed by atoms with van der Waals surface area (Å²) in [5.41, 5.74) is 1.91. The van der Waals surface area contributed by atoms with Crippen molar-refractivity contribution in [3.8, 4) is 5.75 Å². The molecule has 0 spiro atoms. The zero-order valence-electron chi connectivity index (χ0n) is 23.3. The molecule has 0 fully saturated rings. The fraction of sp³-hybridized carbons (Fsp3) is 0.333. The van der Waals surface area contributed by atoms with Gasteiger partial charge in [0, 0.05) is 18.1 Å². The van der Waals surface area contributed by atoms with Gasteiger partial charge in [0.05, 0.1) is 17.2 Å². The molecule has 40 heavy (non-hydrogen) atoms. The molecule has 214 valence electrons. The SMILES string of the molecule is CCCNC(=O)C(C)N(Cc1ccccc1Cl)C(=O)CN(c1ccc(C)cc1)S(=O)(=O)c1ccc(OCC)cc1. The van der Waals surface area contributed by atoms with E-state index in [1.807, 2.05) is 20.8 Å². The maximum Gasteiger partial charge on any atom is 0.264 e. The number of nitrogens with one attached hydrogen (secondary N) is 1. The van der Waals surface area contributed by atoms with E-state index in [-0.39, 0.29) is 17.3 Å². The largest absolute Gasteiger partial charge is 0.494 e. The molecule has 0 radical (unpaired) electrons. The van der Waals surface area contributed by atoms with Gasteiger partial charge in [0.15, 0.2) is 0 Å². The van der Waals surface area contributed by atoms with Gasteiger partial charge < -0.3 is 15.0 Å². The van der Waals surface area contributed by atoms with Crippen LogP contribution in [0.2, 0.25) is 5.02 Å². The lowest BCUT2D eigenvalue weighted by Gasteiger charge is -2.32. The first-order chi connectivity index (χ1) is 19.1. The summed E-state index contributed by atoms with van der Waals surface area (Å²) in [7, 11) is -4.16. The molecule has 2 amide bonds. The van der Waals surface area contributed by atoms with Crippen LogP contribution in [-0.4, -0.2) is 50.9 Å². The smallest absolute Gasteiger partial charge is 0.264 e. The minimum absolute atomic E-state index is 0.00993. The van der Waals surface area contributed by atoms with Crippen molar-refractivity contribution in [1.29, 1.82) is 0 Å². The topological polar surface area (TPSA) is 96.0 Å². The summed E-state index contributed by atoms with van der Waals surface area (Å²) in [5.74, 6) is -0.343. The maximum absolute atomic E-state index is 13.9. The molecular formula is C30H36ClN3O5S. The van der Waals surface area contributed by atoms with Crippen molar-refractivity contribution in [2.45, 2.75) is 51.6 Å². The third kappa shape index (κ3) is 7.76. The average molecular weight is 586 g/mol. The zero-order chi connectivity index (χ0) is 29.3. The predicted molar refractivity (Wildman–Crippen MR) is 158 cm³/mol. The van der Waals surface area contributed by atoms with Crippen LogP contribution in [0.15, 0.2) is 77.7 Å². The van der Waals surface area contributed by atoms with Crippen LogP contribution in [0.4, 0.5) is 5.69 Å². The fourth-order valence-corrected chi connectivity index (χ4v) is 5.64. The van der Waals surface area contributed by atoms with Gasteiger partial charge in [0.1, 0.15) is 18.3 Å². The Hall–Kier alpha value is -3.56. The van der Waals surface area contributed by atoms with Crippen molar-refractivity contribution in [3.05, 3.63) is 88.9 Å². The van der Waals surface area contributed by atoms with Crippen LogP contribution < -0.4 is 14.4 Å². The number of hydrogen-bond donors (Lipinski definition) is 1. The number of sulfonamides is 1. The Morgan fingerprint density at radius 1 is 0.975 bits per heavy atom. The number of anilines is 1. The van der Waals surface area contributed by atoms with Gasteiger partial charge >= 0.3 is 0 Å². The quantitative estimate of drug-likeness (QED) is 0.298. The average Bonchev–Trinajstić information content (AvgIpc) is 2.94. The minimum atomic E-state index is -4.16. The first kappa shape index (κ1) is 31.0. The van der Waals surface area contributed by atoms with E-state index in [1.54, 1.807) is 67.6 Å². The van der Waals surface area contributed by atoms with Gasteiger partial charge in [-0.1, -0.05) is 54.4 Å². The van der Waals surface area contributed by atoms with Gasteiger partial charge in [-0.15, -0.1) is 0 Å². The van der Waals surface area contributed by atoms with E-state index >= 15 is 0 Å². The van der Waals surface area contributed by atoms with Crippen LogP contribution in [0.25, 0.3) is 0 Å². The summed E-state index contributed by atoms with van der Waals surface area (Å²) in [6.45, 7) is 7.70. The third-order valence-corrected chi connectivity index (χ3v) is 8.50. The number of halogens is 1. The van der Waals surface area contributed by atoms with Crippen molar-refractivity contribution >= 4 is 39.1 Å². The molecule has 0 aliphatic rings. The molecule has 0 aliphatic heterocycles. The summed E-state index contributed by atoms with van der Waals surface area (Å²) in [6, 6.07) is 19.1. The lowest BCUT2D eigenvalue weighted by molar-refractivity contribution is -0.139. The summed E-state index contributed by atoms with van der Waals surface area (Å²) in [4.78, 5) is 28.2. The Kier molecular flexibility index (Phi) is 11.0. The standard InChI is InChI=1S/C30H36ClN3O5S/c1-5-19-32-30(36)23(4)33(20-24-9-7-8-10-28(24)31)29(35)21-34(25-13-11-22(3)12-14-25)40(37,38)27-17-15-26(16-18-27)39-6-2/h7-18,23H,5-6,19-21H2,1-4H3,(H,32,36). The number of carbonyl (C=O) groups excluding carboxylic acids is 2. The number of rotatable bonds is 13. The molecule has 3 rings (SSSR count). The minimum Gasteiger partial charge on any atom is -0.494 e. The molecule has 0 saturated carbocycles. The molecule has 3 aromatic carbocycles. The molecule has 8 nitrogen and oxygen atoms in total. The molecule has 3 aromatic rings. The monoisotopic (exact) mass is 585 g/mol. The van der Waals surface area contributed by atoms with E-state index in [9.17, 15) is 18.0 Å². The summed E-state index contributed by atoms with van der Waals surface area (Å²) < 4.78 is 34.4. The maximum atomic E-state index is 13.9. The Balaban J connectivity index is 2.01. The highest BCUT2D eigenvalue weighted by Gasteiger charge is 2.32. The van der Waals surface area contributed by atoms with Crippen LogP contribution in [0, 0.1) is 6.92 Å². The number of aryl methyl sites for hydroxylation is 1. The van der Waals surface area contributed by atoms with Crippen molar-refractivity contribution in [2.24, 2.45) is 0 Å². The molecule has 0 heterocycles. The number of nitrogens with zero attached hydrogens (tertiary/aromatic N) is 2. The van der Waals surface area contributed by atoms with E-state index in [0.717, 1.165) is 16.3 Å². The van der Waals surface area contributed by atoms with Gasteiger partial charge in [-0.25, -0.2) is 8.42 Å². The van der Waals surface area contributed by atoms with Crippen LogP contribution in [0.1, 0.15) is 38.3 Å². The molecule has 0 bridgehead atoms. The second kappa shape index (κ2) is 14.2. The number of hydrogen-bond acceptors (Lipinski definition) is 5. The Morgan fingerprint density at radius 3 is 2.23 bits per heavy atom. The highest BCUT2D eigenvalue weighted by atomic mass is 35.5. The molecule has 0 aromatic heterocycles. The highest BCUT2D eigenvalue weighted by molar-refractivity contribution is 7.92. The second-order valence-corrected chi connectivity index (χ2v) is 11.6. The van der Waals surface area contributed by atoms with Crippen LogP contribution in [0.5, 0.6) is 5.75 Å². The Morgan fingerprint density at radius 2 is 1.62 bits per heavy atom. The lowest BCUT2D eigenvalue weighted by Crippen LogP contribution is -2.51. The molecule has 1 atom stereocenters. The van der Waals surface area contributed by atoms with Crippen LogP contribution >= 0.6 is 11.6 Å². The van der Waals surface area contributed by atoms with Crippen molar-refractivity contribution in [3.63, 3.8) is 0 Å². The normalized spacial score (nSPS) is 11.9. The van der Waals surface area contributed by atoms with Gasteiger partial charge in [0.2, 0.25) is 11.8 Å². The molecule has 0 aliphatic carbocycles. The molecule has 0 saturated heterocycles. The first-order valence-corrected chi connectivity index (χ1v) is 15.0. The Labute approximate surface area is 241 Å². The van der Waals surface area contributed by atoms with Crippen LogP contribution in [0.3, 0.4) is 0 Å². The Bertz CT molecular complexity index is 1400. The van der Waals surface area contributed by atoms with Gasteiger partial charge in [-0.05, 0) is 75.2 Å².